The summed E-state index contributed by atoms with van der Waals surface area (Å²) in [6, 6.07) is 16.5. The summed E-state index contributed by atoms with van der Waals surface area (Å²) in [5, 5.41) is 20.2. The smallest absolute Gasteiger partial charge is 0.263 e. The first-order valence-corrected chi connectivity index (χ1v) is 19.6. The molecule has 53 heavy (non-hydrogen) atoms. The number of hydrogen-bond acceptors (Lipinski definition) is 11. The van der Waals surface area contributed by atoms with Crippen LogP contribution in [0.4, 0.5) is 11.4 Å². The van der Waals surface area contributed by atoms with Crippen LogP contribution >= 0.6 is 11.3 Å². The Bertz CT molecular complexity index is 2180. The molecule has 3 saturated heterocycles. The maximum absolute atomic E-state index is 12.8. The number of imide groups is 1. The van der Waals surface area contributed by atoms with Gasteiger partial charge < -0.3 is 20.4 Å². The molecule has 3 amide bonds. The van der Waals surface area contributed by atoms with Gasteiger partial charge in [-0.3, -0.25) is 24.6 Å². The molecular weight excluding hydrogens is 689 g/mol. The van der Waals surface area contributed by atoms with Gasteiger partial charge in [-0.25, -0.2) is 9.67 Å². The molecule has 2 aromatic carbocycles. The standard InChI is InChI=1S/C39H44N10O3S/c1-24-22-40-36-35-29-6-10-33(42-30(29)8-9-32(35)53-37(36)39(52)41-24)49-23-31(44-45-49)26-12-14-46(15-13-26)16-17-47-18-20-48(21-19-47)27-4-2-25(3-5-27)28-7-11-34(50)43-38(28)51/h2-6,8-10,23-24,26,28,40H,7,11-22H2,1H3,(H,41,52)(H,43,50,51)/t24-,28?/m1/s1. The lowest BCUT2D eigenvalue weighted by atomic mass is 9.90. The number of aromatic nitrogens is 4. The van der Waals surface area contributed by atoms with Gasteiger partial charge in [0.05, 0.1) is 29.0 Å². The van der Waals surface area contributed by atoms with Gasteiger partial charge in [-0.15, -0.1) is 16.4 Å². The first-order chi connectivity index (χ1) is 25.9. The van der Waals surface area contributed by atoms with Gasteiger partial charge in [-0.2, -0.15) is 0 Å². The van der Waals surface area contributed by atoms with Crippen LogP contribution in [0.2, 0.25) is 0 Å². The zero-order chi connectivity index (χ0) is 36.1. The first kappa shape index (κ1) is 33.9. The molecule has 13 nitrogen and oxygen atoms in total. The Hall–Kier alpha value is -4.92. The molecule has 4 aliphatic heterocycles. The Labute approximate surface area is 311 Å². The third-order valence-corrected chi connectivity index (χ3v) is 12.6. The Balaban J connectivity index is 0.762. The van der Waals surface area contributed by atoms with Crippen LogP contribution in [-0.2, 0) is 9.59 Å². The number of anilines is 2. The van der Waals surface area contributed by atoms with Crippen molar-refractivity contribution in [2.45, 2.75) is 50.5 Å². The lowest BCUT2D eigenvalue weighted by Crippen LogP contribution is -2.49. The summed E-state index contributed by atoms with van der Waals surface area (Å²) >= 11 is 1.52. The van der Waals surface area contributed by atoms with Crippen LogP contribution in [-0.4, -0.2) is 112 Å². The summed E-state index contributed by atoms with van der Waals surface area (Å²) < 4.78 is 2.86. The molecule has 0 bridgehead atoms. The molecule has 0 saturated carbocycles. The first-order valence-electron chi connectivity index (χ1n) is 18.8. The molecule has 5 aromatic rings. The van der Waals surface area contributed by atoms with Gasteiger partial charge in [0.15, 0.2) is 5.82 Å². The monoisotopic (exact) mass is 732 g/mol. The minimum absolute atomic E-state index is 0.0262. The number of amides is 3. The fourth-order valence-corrected chi connectivity index (χ4v) is 9.41. The normalized spacial score (nSPS) is 22.1. The zero-order valence-electron chi connectivity index (χ0n) is 29.9. The van der Waals surface area contributed by atoms with Gasteiger partial charge in [0.1, 0.15) is 4.88 Å². The van der Waals surface area contributed by atoms with Crippen molar-refractivity contribution in [2.75, 3.05) is 69.1 Å². The SMILES string of the molecule is C[C@@H]1CNc2c(sc3ccc4nc(-n5cc(C6CCN(CCN7CCN(c8ccc(C9CCC(=O)NC9=O)cc8)CC7)CC6)nn5)ccc4c23)C(=O)N1. The number of carbonyl (C=O) groups excluding carboxylic acids is 3. The second-order valence-corrected chi connectivity index (χ2v) is 15.9. The molecule has 0 aliphatic carbocycles. The minimum Gasteiger partial charge on any atom is -0.381 e. The van der Waals surface area contributed by atoms with Crippen molar-refractivity contribution < 1.29 is 14.4 Å². The number of benzene rings is 2. The second-order valence-electron chi connectivity index (χ2n) is 14.9. The average molecular weight is 733 g/mol. The molecule has 0 spiro atoms. The van der Waals surface area contributed by atoms with E-state index in [4.69, 9.17) is 4.98 Å². The van der Waals surface area contributed by atoms with Gasteiger partial charge >= 0.3 is 0 Å². The summed E-state index contributed by atoms with van der Waals surface area (Å²) in [6.45, 7) is 11.0. The second kappa shape index (κ2) is 14.1. The van der Waals surface area contributed by atoms with E-state index in [2.05, 4.69) is 65.2 Å². The number of thiophene rings is 1. The van der Waals surface area contributed by atoms with Crippen molar-refractivity contribution >= 4 is 61.4 Å². The molecule has 2 atom stereocenters. The highest BCUT2D eigenvalue weighted by atomic mass is 32.1. The number of piperazine rings is 1. The number of likely N-dealkylation sites (tertiary alicyclic amines) is 1. The van der Waals surface area contributed by atoms with E-state index in [0.29, 0.717) is 25.3 Å². The molecule has 0 radical (unpaired) electrons. The topological polar surface area (TPSA) is 141 Å². The van der Waals surface area contributed by atoms with Crippen LogP contribution in [0.5, 0.6) is 0 Å². The van der Waals surface area contributed by atoms with Crippen molar-refractivity contribution in [3.63, 3.8) is 0 Å². The molecule has 3 N–H and O–H groups in total. The Kier molecular flexibility index (Phi) is 9.04. The molecule has 7 heterocycles. The van der Waals surface area contributed by atoms with Crippen molar-refractivity contribution in [1.82, 2.24) is 40.4 Å². The van der Waals surface area contributed by atoms with Crippen LogP contribution in [0.15, 0.2) is 54.7 Å². The van der Waals surface area contributed by atoms with E-state index in [0.717, 1.165) is 114 Å². The fraction of sp³-hybridized carbons (Fsp3) is 0.436. The van der Waals surface area contributed by atoms with E-state index in [1.165, 1.54) is 17.0 Å². The van der Waals surface area contributed by atoms with E-state index in [1.807, 2.05) is 37.4 Å². The van der Waals surface area contributed by atoms with Gasteiger partial charge in [0.25, 0.3) is 5.91 Å². The minimum atomic E-state index is -0.240. The molecule has 274 valence electrons. The van der Waals surface area contributed by atoms with Gasteiger partial charge in [0, 0.05) is 85.4 Å². The van der Waals surface area contributed by atoms with E-state index in [9.17, 15) is 14.4 Å². The van der Waals surface area contributed by atoms with Crippen LogP contribution in [0.3, 0.4) is 0 Å². The van der Waals surface area contributed by atoms with Crippen molar-refractivity contribution in [3.8, 4) is 5.82 Å². The van der Waals surface area contributed by atoms with E-state index >= 15 is 0 Å². The molecule has 3 aromatic heterocycles. The molecule has 1 unspecified atom stereocenters. The van der Waals surface area contributed by atoms with E-state index in [-0.39, 0.29) is 29.7 Å². The third-order valence-electron chi connectivity index (χ3n) is 11.4. The molecule has 4 aliphatic rings. The number of fused-ring (bicyclic) bond motifs is 5. The summed E-state index contributed by atoms with van der Waals surface area (Å²) in [7, 11) is 0. The van der Waals surface area contributed by atoms with Crippen LogP contribution in [0.1, 0.15) is 65.4 Å². The lowest BCUT2D eigenvalue weighted by molar-refractivity contribution is -0.134. The average Bonchev–Trinajstić information content (AvgIpc) is 3.80. The maximum atomic E-state index is 12.8. The summed E-state index contributed by atoms with van der Waals surface area (Å²) in [6.07, 6.45) is 5.14. The van der Waals surface area contributed by atoms with Crippen LogP contribution in [0.25, 0.3) is 26.8 Å². The molecule has 14 heteroatoms. The number of pyridine rings is 1. The van der Waals surface area contributed by atoms with E-state index in [1.54, 1.807) is 4.68 Å². The highest BCUT2D eigenvalue weighted by Crippen LogP contribution is 2.41. The van der Waals surface area contributed by atoms with Crippen molar-refractivity contribution in [1.29, 1.82) is 0 Å². The molecule has 9 rings (SSSR count). The Morgan fingerprint density at radius 3 is 2.42 bits per heavy atom. The largest absolute Gasteiger partial charge is 0.381 e. The van der Waals surface area contributed by atoms with Gasteiger partial charge in [-0.1, -0.05) is 17.3 Å². The summed E-state index contributed by atoms with van der Waals surface area (Å²) in [5.41, 5.74) is 4.95. The number of nitrogens with one attached hydrogen (secondary N) is 3. The highest BCUT2D eigenvalue weighted by Gasteiger charge is 2.29. The maximum Gasteiger partial charge on any atom is 0.263 e. The summed E-state index contributed by atoms with van der Waals surface area (Å²) in [4.78, 5) is 49.9. The zero-order valence-corrected chi connectivity index (χ0v) is 30.7. The third kappa shape index (κ3) is 6.75. The predicted octanol–water partition coefficient (Wildman–Crippen LogP) is 4.10. The predicted molar refractivity (Wildman–Crippen MR) is 206 cm³/mol. The molecular formula is C39H44N10O3S. The fourth-order valence-electron chi connectivity index (χ4n) is 8.31. The quantitative estimate of drug-likeness (QED) is 0.210. The van der Waals surface area contributed by atoms with Gasteiger partial charge in [-0.05, 0) is 81.2 Å². The summed E-state index contributed by atoms with van der Waals surface area (Å²) in [5.74, 6) is 0.487. The van der Waals surface area contributed by atoms with Crippen LogP contribution < -0.4 is 20.9 Å². The number of carbonyl (C=O) groups is 3. The van der Waals surface area contributed by atoms with Crippen molar-refractivity contribution in [3.05, 3.63) is 70.9 Å². The Morgan fingerprint density at radius 1 is 0.868 bits per heavy atom. The van der Waals surface area contributed by atoms with Crippen LogP contribution in [0, 0.1) is 0 Å². The number of nitrogens with zero attached hydrogens (tertiary/aromatic N) is 7. The Morgan fingerprint density at radius 2 is 1.64 bits per heavy atom. The van der Waals surface area contributed by atoms with Crippen molar-refractivity contribution in [2.24, 2.45) is 0 Å². The lowest BCUT2D eigenvalue weighted by Gasteiger charge is -2.38. The highest BCUT2D eigenvalue weighted by molar-refractivity contribution is 7.21. The van der Waals surface area contributed by atoms with Gasteiger partial charge in [0.2, 0.25) is 11.8 Å². The number of hydrogen-bond donors (Lipinski definition) is 3. The number of piperidine rings is 2. The molecule has 3 fully saturated rings. The number of rotatable bonds is 7. The van der Waals surface area contributed by atoms with E-state index < -0.39 is 0 Å².